The van der Waals surface area contributed by atoms with Crippen molar-refractivity contribution in [2.24, 2.45) is 5.73 Å². The third-order valence-electron chi connectivity index (χ3n) is 3.13. The quantitative estimate of drug-likeness (QED) is 0.910. The smallest absolute Gasteiger partial charge is 0.0739 e. The molecule has 0 saturated heterocycles. The third kappa shape index (κ3) is 3.02. The maximum Gasteiger partial charge on any atom is 0.0739 e. The monoisotopic (exact) mass is 341 g/mol. The van der Waals surface area contributed by atoms with Crippen LogP contribution in [0.3, 0.4) is 0 Å². The fraction of sp³-hybridized carbons (Fsp3) is 0.357. The fourth-order valence-electron chi connectivity index (χ4n) is 2.21. The van der Waals surface area contributed by atoms with Crippen molar-refractivity contribution in [1.82, 2.24) is 9.78 Å². The molecule has 1 aromatic heterocycles. The van der Waals surface area contributed by atoms with Gasteiger partial charge in [-0.3, -0.25) is 4.68 Å². The summed E-state index contributed by atoms with van der Waals surface area (Å²) >= 11 is 9.53. The van der Waals surface area contributed by atoms with Gasteiger partial charge in [0, 0.05) is 11.6 Å². The van der Waals surface area contributed by atoms with Crippen LogP contribution in [0.25, 0.3) is 0 Å². The number of nitrogens with two attached hydrogens (primary N) is 1. The van der Waals surface area contributed by atoms with E-state index in [1.807, 2.05) is 29.8 Å². The van der Waals surface area contributed by atoms with Crippen LogP contribution >= 0.6 is 27.5 Å². The van der Waals surface area contributed by atoms with Crippen molar-refractivity contribution in [2.45, 2.75) is 32.9 Å². The lowest BCUT2D eigenvalue weighted by atomic mass is 9.99. The van der Waals surface area contributed by atoms with Crippen LogP contribution in [0.5, 0.6) is 0 Å². The van der Waals surface area contributed by atoms with Gasteiger partial charge in [0.25, 0.3) is 0 Å². The highest BCUT2D eigenvalue weighted by molar-refractivity contribution is 9.10. The zero-order valence-corrected chi connectivity index (χ0v) is 13.4. The van der Waals surface area contributed by atoms with Crippen molar-refractivity contribution in [1.29, 1.82) is 0 Å². The molecule has 2 N–H and O–H groups in total. The number of hydrogen-bond acceptors (Lipinski definition) is 2. The lowest BCUT2D eigenvalue weighted by molar-refractivity contribution is 0.558. The first-order valence-corrected chi connectivity index (χ1v) is 7.44. The topological polar surface area (TPSA) is 43.8 Å². The second kappa shape index (κ2) is 6.07. The summed E-state index contributed by atoms with van der Waals surface area (Å²) in [6.45, 7) is 5.01. The molecule has 19 heavy (non-hydrogen) atoms. The Morgan fingerprint density at radius 3 is 2.84 bits per heavy atom. The van der Waals surface area contributed by atoms with E-state index in [2.05, 4.69) is 28.0 Å². The average Bonchev–Trinajstić information content (AvgIpc) is 2.70. The standard InChI is InChI=1S/C14H17BrClN3/c1-3-6-19-14(12(15)8-18-19)13(17)11-5-4-10(16)7-9(11)2/h4-5,7-8,13H,3,6,17H2,1-2H3. The number of benzene rings is 1. The van der Waals surface area contributed by atoms with Crippen LogP contribution in [0.15, 0.2) is 28.9 Å². The van der Waals surface area contributed by atoms with Crippen LogP contribution in [0, 0.1) is 6.92 Å². The van der Waals surface area contributed by atoms with E-state index in [1.165, 1.54) is 0 Å². The fourth-order valence-corrected chi connectivity index (χ4v) is 2.98. The Hall–Kier alpha value is -0.840. The largest absolute Gasteiger partial charge is 0.319 e. The van der Waals surface area contributed by atoms with E-state index < -0.39 is 0 Å². The number of aryl methyl sites for hydroxylation is 2. The van der Waals surface area contributed by atoms with E-state index >= 15 is 0 Å². The number of rotatable bonds is 4. The van der Waals surface area contributed by atoms with E-state index in [4.69, 9.17) is 17.3 Å². The molecular weight excluding hydrogens is 326 g/mol. The lowest BCUT2D eigenvalue weighted by Crippen LogP contribution is -2.19. The zero-order valence-electron chi connectivity index (χ0n) is 11.0. The Labute approximate surface area is 126 Å². The van der Waals surface area contributed by atoms with Gasteiger partial charge in [-0.15, -0.1) is 0 Å². The van der Waals surface area contributed by atoms with Gasteiger partial charge in [0.2, 0.25) is 0 Å². The van der Waals surface area contributed by atoms with Gasteiger partial charge >= 0.3 is 0 Å². The molecule has 2 aromatic rings. The highest BCUT2D eigenvalue weighted by atomic mass is 79.9. The molecule has 3 nitrogen and oxygen atoms in total. The van der Waals surface area contributed by atoms with Gasteiger partial charge in [0.1, 0.15) is 0 Å². The number of aromatic nitrogens is 2. The molecule has 2 rings (SSSR count). The Morgan fingerprint density at radius 2 is 2.21 bits per heavy atom. The normalized spacial score (nSPS) is 12.7. The predicted molar refractivity (Wildman–Crippen MR) is 82.4 cm³/mol. The van der Waals surface area contributed by atoms with Crippen molar-refractivity contribution in [3.8, 4) is 0 Å². The van der Waals surface area contributed by atoms with Crippen molar-refractivity contribution in [2.75, 3.05) is 0 Å². The van der Waals surface area contributed by atoms with Gasteiger partial charge in [-0.2, -0.15) is 5.10 Å². The molecule has 0 aliphatic carbocycles. The number of hydrogen-bond donors (Lipinski definition) is 1. The van der Waals surface area contributed by atoms with Gasteiger partial charge in [-0.25, -0.2) is 0 Å². The molecule has 0 radical (unpaired) electrons. The summed E-state index contributed by atoms with van der Waals surface area (Å²) in [6.07, 6.45) is 2.82. The van der Waals surface area contributed by atoms with Gasteiger partial charge in [0.15, 0.2) is 0 Å². The Bertz CT molecular complexity index is 580. The third-order valence-corrected chi connectivity index (χ3v) is 3.98. The van der Waals surface area contributed by atoms with Crippen molar-refractivity contribution >= 4 is 27.5 Å². The highest BCUT2D eigenvalue weighted by Crippen LogP contribution is 2.29. The van der Waals surface area contributed by atoms with Crippen LogP contribution in [-0.4, -0.2) is 9.78 Å². The summed E-state index contributed by atoms with van der Waals surface area (Å²) < 4.78 is 2.91. The Kier molecular flexibility index (Phi) is 4.66. The van der Waals surface area contributed by atoms with E-state index in [0.717, 1.165) is 39.3 Å². The van der Waals surface area contributed by atoms with E-state index in [9.17, 15) is 0 Å². The van der Waals surface area contributed by atoms with Crippen molar-refractivity contribution < 1.29 is 0 Å². The van der Waals surface area contributed by atoms with Crippen LogP contribution in [-0.2, 0) is 6.54 Å². The van der Waals surface area contributed by atoms with Crippen molar-refractivity contribution in [3.05, 3.63) is 50.7 Å². The summed E-state index contributed by atoms with van der Waals surface area (Å²) in [5.74, 6) is 0. The SMILES string of the molecule is CCCn1ncc(Br)c1C(N)c1ccc(Cl)cc1C. The van der Waals surface area contributed by atoms with E-state index in [-0.39, 0.29) is 6.04 Å². The molecule has 1 heterocycles. The van der Waals surface area contributed by atoms with Crippen LogP contribution in [0.2, 0.25) is 5.02 Å². The summed E-state index contributed by atoms with van der Waals surface area (Å²) in [7, 11) is 0. The van der Waals surface area contributed by atoms with E-state index in [1.54, 1.807) is 6.20 Å². The minimum atomic E-state index is -0.208. The zero-order chi connectivity index (χ0) is 14.0. The minimum Gasteiger partial charge on any atom is -0.319 e. The Balaban J connectivity index is 2.43. The summed E-state index contributed by atoms with van der Waals surface area (Å²) in [6, 6.07) is 5.59. The molecule has 1 aromatic carbocycles. The molecule has 5 heteroatoms. The lowest BCUT2D eigenvalue weighted by Gasteiger charge is -2.17. The van der Waals surface area contributed by atoms with Gasteiger partial charge in [-0.1, -0.05) is 24.6 Å². The summed E-state index contributed by atoms with van der Waals surface area (Å²) in [4.78, 5) is 0. The molecule has 0 saturated carbocycles. The van der Waals surface area contributed by atoms with Crippen LogP contribution in [0.1, 0.15) is 36.2 Å². The maximum atomic E-state index is 6.41. The first kappa shape index (κ1) is 14.6. The first-order chi connectivity index (χ1) is 9.04. The predicted octanol–water partition coefficient (Wildman–Crippen LogP) is 4.07. The molecule has 0 amide bonds. The summed E-state index contributed by atoms with van der Waals surface area (Å²) in [5, 5.41) is 5.09. The first-order valence-electron chi connectivity index (χ1n) is 6.27. The maximum absolute atomic E-state index is 6.41. The van der Waals surface area contributed by atoms with Gasteiger partial charge in [0.05, 0.1) is 22.4 Å². The number of halogens is 2. The van der Waals surface area contributed by atoms with Crippen molar-refractivity contribution in [3.63, 3.8) is 0 Å². The van der Waals surface area contributed by atoms with Crippen LogP contribution < -0.4 is 5.73 Å². The molecule has 1 atom stereocenters. The molecule has 0 spiro atoms. The van der Waals surface area contributed by atoms with Gasteiger partial charge in [-0.05, 0) is 52.5 Å². The molecular formula is C14H17BrClN3. The summed E-state index contributed by atoms with van der Waals surface area (Å²) in [5.41, 5.74) is 9.58. The Morgan fingerprint density at radius 1 is 1.47 bits per heavy atom. The molecule has 1 unspecified atom stereocenters. The minimum absolute atomic E-state index is 0.208. The molecule has 0 fully saturated rings. The molecule has 0 aliphatic heterocycles. The van der Waals surface area contributed by atoms with Crippen LogP contribution in [0.4, 0.5) is 0 Å². The number of nitrogens with zero attached hydrogens (tertiary/aromatic N) is 2. The second-order valence-electron chi connectivity index (χ2n) is 4.58. The second-order valence-corrected chi connectivity index (χ2v) is 5.87. The molecule has 102 valence electrons. The molecule has 0 aliphatic rings. The average molecular weight is 343 g/mol. The molecule has 0 bridgehead atoms. The highest BCUT2D eigenvalue weighted by Gasteiger charge is 2.19. The van der Waals surface area contributed by atoms with Gasteiger partial charge < -0.3 is 5.73 Å². The van der Waals surface area contributed by atoms with E-state index in [0.29, 0.717) is 0 Å².